The van der Waals surface area contributed by atoms with Gasteiger partial charge in [-0.15, -0.1) is 4.83 Å². The molecule has 0 amide bonds. The Balaban J connectivity index is 2.56. The molecule has 0 aliphatic carbocycles. The molecule has 0 aliphatic rings. The second kappa shape index (κ2) is 3.51. The van der Waals surface area contributed by atoms with Gasteiger partial charge in [0.25, 0.3) is 0 Å². The van der Waals surface area contributed by atoms with Crippen LogP contribution in [0.1, 0.15) is 0 Å². The number of hydrogen-bond donors (Lipinski definition) is 2. The van der Waals surface area contributed by atoms with Gasteiger partial charge in [-0.05, 0) is 12.1 Å². The summed E-state index contributed by atoms with van der Waals surface area (Å²) in [4.78, 5) is 5.91. The van der Waals surface area contributed by atoms with E-state index in [0.29, 0.717) is 5.69 Å². The van der Waals surface area contributed by atoms with Crippen molar-refractivity contribution in [1.82, 2.24) is 9.82 Å². The number of anilines is 1. The van der Waals surface area contributed by atoms with Crippen molar-refractivity contribution in [3.05, 3.63) is 24.5 Å². The quantitative estimate of drug-likeness (QED) is 0.651. The molecule has 1 rings (SSSR count). The third-order valence-electron chi connectivity index (χ3n) is 1.04. The van der Waals surface area contributed by atoms with Gasteiger partial charge in [-0.25, -0.2) is 8.42 Å². The van der Waals surface area contributed by atoms with E-state index in [-0.39, 0.29) is 0 Å². The summed E-state index contributed by atoms with van der Waals surface area (Å²) in [7, 11) is -3.21. The fourth-order valence-corrected chi connectivity index (χ4v) is 0.892. The Kier molecular flexibility index (Phi) is 2.61. The molecule has 0 unspecified atom stereocenters. The topological polar surface area (TPSA) is 71.1 Å². The number of nitrogens with zero attached hydrogens (tertiary/aromatic N) is 1. The third-order valence-corrected chi connectivity index (χ3v) is 1.52. The van der Waals surface area contributed by atoms with Crippen molar-refractivity contribution in [1.29, 1.82) is 0 Å². The van der Waals surface area contributed by atoms with Crippen LogP contribution in [0.25, 0.3) is 0 Å². The molecule has 5 nitrogen and oxygen atoms in total. The Bertz CT molecular complexity index is 335. The first-order chi connectivity index (χ1) is 5.58. The van der Waals surface area contributed by atoms with Crippen LogP contribution in [0, 0.1) is 0 Å². The van der Waals surface area contributed by atoms with Crippen molar-refractivity contribution in [3.63, 3.8) is 0 Å². The summed E-state index contributed by atoms with van der Waals surface area (Å²) in [6.45, 7) is 0. The maximum atomic E-state index is 10.6. The number of hydrogen-bond acceptors (Lipinski definition) is 4. The van der Waals surface area contributed by atoms with E-state index < -0.39 is 10.0 Å². The highest BCUT2D eigenvalue weighted by Gasteiger charge is 1.97. The Morgan fingerprint density at radius 1 is 1.50 bits per heavy atom. The maximum absolute atomic E-state index is 10.6. The minimum absolute atomic E-state index is 0.600. The van der Waals surface area contributed by atoms with Crippen molar-refractivity contribution >= 4 is 15.7 Å². The second-order valence-electron chi connectivity index (χ2n) is 2.24. The largest absolute Gasteiger partial charge is 0.307 e. The summed E-state index contributed by atoms with van der Waals surface area (Å²) < 4.78 is 21.2. The van der Waals surface area contributed by atoms with E-state index >= 15 is 0 Å². The van der Waals surface area contributed by atoms with E-state index in [1.807, 2.05) is 0 Å². The molecule has 1 heterocycles. The summed E-state index contributed by atoms with van der Waals surface area (Å²) in [5, 5.41) is 0. The van der Waals surface area contributed by atoms with Gasteiger partial charge in [0.2, 0.25) is 10.0 Å². The van der Waals surface area contributed by atoms with Gasteiger partial charge in [0.15, 0.2) is 0 Å². The highest BCUT2D eigenvalue weighted by atomic mass is 32.2. The molecular formula is C6H9N3O2S. The van der Waals surface area contributed by atoms with Gasteiger partial charge >= 0.3 is 0 Å². The molecule has 0 fully saturated rings. The highest BCUT2D eigenvalue weighted by molar-refractivity contribution is 7.88. The Morgan fingerprint density at radius 2 is 2.25 bits per heavy atom. The van der Waals surface area contributed by atoms with Crippen molar-refractivity contribution in [2.75, 3.05) is 11.7 Å². The van der Waals surface area contributed by atoms with Gasteiger partial charge in [0, 0.05) is 6.20 Å². The normalized spacial score (nSPS) is 11.1. The second-order valence-corrected chi connectivity index (χ2v) is 3.99. The first-order valence-electron chi connectivity index (χ1n) is 3.21. The number of sulfonamides is 1. The summed E-state index contributed by atoms with van der Waals surface area (Å²) in [6.07, 6.45) is 4.18. The van der Waals surface area contributed by atoms with Crippen LogP contribution in [0.15, 0.2) is 24.5 Å². The van der Waals surface area contributed by atoms with E-state index in [1.54, 1.807) is 18.3 Å². The predicted octanol–water partition coefficient (Wildman–Crippen LogP) is -0.0423. The van der Waals surface area contributed by atoms with Crippen LogP contribution in [-0.2, 0) is 10.0 Å². The van der Waals surface area contributed by atoms with Crippen LogP contribution >= 0.6 is 0 Å². The lowest BCUT2D eigenvalue weighted by atomic mass is 10.4. The van der Waals surface area contributed by atoms with Crippen LogP contribution in [0.5, 0.6) is 0 Å². The SMILES string of the molecule is CS(=O)(=O)NNc1cccnc1. The first-order valence-corrected chi connectivity index (χ1v) is 5.10. The summed E-state index contributed by atoms with van der Waals surface area (Å²) in [5.74, 6) is 0. The van der Waals surface area contributed by atoms with E-state index in [1.165, 1.54) is 6.20 Å². The number of hydrazine groups is 1. The zero-order valence-corrected chi connectivity index (χ0v) is 7.30. The lowest BCUT2D eigenvalue weighted by Gasteiger charge is -2.04. The summed E-state index contributed by atoms with van der Waals surface area (Å²) in [5.41, 5.74) is 3.08. The standard InChI is InChI=1S/C6H9N3O2S/c1-12(10,11)9-8-6-3-2-4-7-5-6/h2-5,8-9H,1H3. The molecule has 0 radical (unpaired) electrons. The van der Waals surface area contributed by atoms with Gasteiger partial charge in [-0.3, -0.25) is 4.98 Å². The van der Waals surface area contributed by atoms with E-state index in [0.717, 1.165) is 6.26 Å². The zero-order valence-electron chi connectivity index (χ0n) is 6.48. The van der Waals surface area contributed by atoms with Crippen LogP contribution in [-0.4, -0.2) is 19.7 Å². The van der Waals surface area contributed by atoms with Crippen molar-refractivity contribution in [2.24, 2.45) is 0 Å². The molecule has 0 bridgehead atoms. The third kappa shape index (κ3) is 3.31. The van der Waals surface area contributed by atoms with Gasteiger partial charge in [-0.1, -0.05) is 0 Å². The average molecular weight is 187 g/mol. The minimum atomic E-state index is -3.21. The van der Waals surface area contributed by atoms with Crippen LogP contribution < -0.4 is 10.3 Å². The fourth-order valence-electron chi connectivity index (χ4n) is 0.588. The minimum Gasteiger partial charge on any atom is -0.307 e. The van der Waals surface area contributed by atoms with Crippen molar-refractivity contribution < 1.29 is 8.42 Å². The average Bonchev–Trinajstić information content (AvgIpc) is 2.02. The van der Waals surface area contributed by atoms with Gasteiger partial charge in [0.1, 0.15) is 0 Å². The smallest absolute Gasteiger partial charge is 0.225 e. The number of nitrogens with one attached hydrogen (secondary N) is 2. The van der Waals surface area contributed by atoms with Gasteiger partial charge in [-0.2, -0.15) is 0 Å². The molecule has 0 spiro atoms. The van der Waals surface area contributed by atoms with E-state index in [4.69, 9.17) is 0 Å². The van der Waals surface area contributed by atoms with E-state index in [2.05, 4.69) is 15.2 Å². The molecule has 0 saturated heterocycles. The van der Waals surface area contributed by atoms with Crippen molar-refractivity contribution in [3.8, 4) is 0 Å². The zero-order chi connectivity index (χ0) is 9.03. The molecule has 0 saturated carbocycles. The van der Waals surface area contributed by atoms with Crippen LogP contribution in [0.3, 0.4) is 0 Å². The Morgan fingerprint density at radius 3 is 2.75 bits per heavy atom. The molecule has 0 atom stereocenters. The maximum Gasteiger partial charge on any atom is 0.225 e. The highest BCUT2D eigenvalue weighted by Crippen LogP contribution is 1.99. The summed E-state index contributed by atoms with van der Waals surface area (Å²) >= 11 is 0. The first kappa shape index (κ1) is 8.95. The van der Waals surface area contributed by atoms with Crippen LogP contribution in [0.2, 0.25) is 0 Å². The lowest BCUT2D eigenvalue weighted by molar-refractivity contribution is 0.594. The predicted molar refractivity (Wildman–Crippen MR) is 45.8 cm³/mol. The molecule has 6 heteroatoms. The molecule has 0 aromatic carbocycles. The monoisotopic (exact) mass is 187 g/mol. The Hall–Kier alpha value is -1.14. The fraction of sp³-hybridized carbons (Fsp3) is 0.167. The summed E-state index contributed by atoms with van der Waals surface area (Å²) in [6, 6.07) is 3.40. The van der Waals surface area contributed by atoms with Gasteiger partial charge in [0.05, 0.1) is 18.1 Å². The number of pyridine rings is 1. The molecule has 12 heavy (non-hydrogen) atoms. The molecule has 0 aliphatic heterocycles. The molecule has 66 valence electrons. The van der Waals surface area contributed by atoms with Crippen LogP contribution in [0.4, 0.5) is 5.69 Å². The number of rotatable bonds is 3. The molecule has 1 aromatic heterocycles. The number of aromatic nitrogens is 1. The van der Waals surface area contributed by atoms with Crippen molar-refractivity contribution in [2.45, 2.75) is 0 Å². The molecule has 2 N–H and O–H groups in total. The lowest BCUT2D eigenvalue weighted by Crippen LogP contribution is -2.28. The Labute approximate surface area is 70.8 Å². The van der Waals surface area contributed by atoms with Gasteiger partial charge < -0.3 is 5.43 Å². The molecule has 1 aromatic rings. The molecular weight excluding hydrogens is 178 g/mol. The van der Waals surface area contributed by atoms with E-state index in [9.17, 15) is 8.42 Å².